The van der Waals surface area contributed by atoms with Crippen LogP contribution in [0, 0.1) is 0 Å². The third-order valence-corrected chi connectivity index (χ3v) is 3.12. The molecule has 88 valence electrons. The standard InChI is InChI=1S/C12H19N3O/c1-12(2)9-16-6-5-15(12)8-10-3-4-14-7-11(10)13/h3-4,7H,5-6,8-9,13H2,1-2H3. The van der Waals surface area contributed by atoms with Crippen LogP contribution >= 0.6 is 0 Å². The zero-order chi connectivity index (χ0) is 11.6. The van der Waals surface area contributed by atoms with Crippen molar-refractivity contribution in [2.75, 3.05) is 25.5 Å². The van der Waals surface area contributed by atoms with Crippen LogP contribution in [-0.4, -0.2) is 35.2 Å². The van der Waals surface area contributed by atoms with Crippen LogP contribution in [0.3, 0.4) is 0 Å². The molecule has 0 spiro atoms. The van der Waals surface area contributed by atoms with E-state index in [9.17, 15) is 0 Å². The van der Waals surface area contributed by atoms with Gasteiger partial charge in [0.05, 0.1) is 25.1 Å². The van der Waals surface area contributed by atoms with Crippen molar-refractivity contribution in [2.45, 2.75) is 25.9 Å². The summed E-state index contributed by atoms with van der Waals surface area (Å²) in [7, 11) is 0. The van der Waals surface area contributed by atoms with Crippen LogP contribution in [0.15, 0.2) is 18.5 Å². The molecule has 0 aliphatic carbocycles. The van der Waals surface area contributed by atoms with Gasteiger partial charge in [0.2, 0.25) is 0 Å². The summed E-state index contributed by atoms with van der Waals surface area (Å²) in [5.41, 5.74) is 7.90. The second kappa shape index (κ2) is 4.39. The monoisotopic (exact) mass is 221 g/mol. The van der Waals surface area contributed by atoms with Gasteiger partial charge in [-0.3, -0.25) is 9.88 Å². The van der Waals surface area contributed by atoms with E-state index in [-0.39, 0.29) is 5.54 Å². The molecule has 0 amide bonds. The molecule has 0 atom stereocenters. The van der Waals surface area contributed by atoms with Gasteiger partial charge in [-0.15, -0.1) is 0 Å². The Balaban J connectivity index is 2.12. The van der Waals surface area contributed by atoms with E-state index in [1.54, 1.807) is 12.4 Å². The van der Waals surface area contributed by atoms with Gasteiger partial charge in [-0.2, -0.15) is 0 Å². The summed E-state index contributed by atoms with van der Waals surface area (Å²) in [5, 5.41) is 0. The smallest absolute Gasteiger partial charge is 0.0645 e. The molecule has 4 nitrogen and oxygen atoms in total. The highest BCUT2D eigenvalue weighted by atomic mass is 16.5. The van der Waals surface area contributed by atoms with Crippen molar-refractivity contribution in [3.63, 3.8) is 0 Å². The maximum Gasteiger partial charge on any atom is 0.0645 e. The Morgan fingerprint density at radius 3 is 3.06 bits per heavy atom. The normalized spacial score (nSPS) is 20.9. The molecule has 1 aliphatic heterocycles. The summed E-state index contributed by atoms with van der Waals surface area (Å²) in [6.07, 6.45) is 3.50. The molecule has 0 bridgehead atoms. The molecule has 1 aliphatic rings. The van der Waals surface area contributed by atoms with E-state index >= 15 is 0 Å². The lowest BCUT2D eigenvalue weighted by molar-refractivity contribution is -0.0551. The van der Waals surface area contributed by atoms with Gasteiger partial charge in [0.15, 0.2) is 0 Å². The van der Waals surface area contributed by atoms with Crippen LogP contribution in [0.1, 0.15) is 19.4 Å². The van der Waals surface area contributed by atoms with E-state index in [4.69, 9.17) is 10.5 Å². The molecule has 1 aromatic rings. The average molecular weight is 221 g/mol. The Kier molecular flexibility index (Phi) is 3.12. The van der Waals surface area contributed by atoms with E-state index in [1.807, 2.05) is 6.07 Å². The van der Waals surface area contributed by atoms with Gasteiger partial charge in [-0.25, -0.2) is 0 Å². The van der Waals surface area contributed by atoms with Crippen molar-refractivity contribution in [2.24, 2.45) is 0 Å². The Morgan fingerprint density at radius 2 is 2.38 bits per heavy atom. The molecule has 1 aromatic heterocycles. The molecule has 0 saturated carbocycles. The number of nitrogens with zero attached hydrogens (tertiary/aromatic N) is 2. The van der Waals surface area contributed by atoms with Crippen LogP contribution in [-0.2, 0) is 11.3 Å². The highest BCUT2D eigenvalue weighted by Crippen LogP contribution is 2.23. The van der Waals surface area contributed by atoms with Crippen molar-refractivity contribution in [1.82, 2.24) is 9.88 Å². The Bertz CT molecular complexity index is 365. The fourth-order valence-electron chi connectivity index (χ4n) is 1.97. The quantitative estimate of drug-likeness (QED) is 0.817. The molecule has 2 N–H and O–H groups in total. The van der Waals surface area contributed by atoms with Crippen LogP contribution in [0.2, 0.25) is 0 Å². The number of nitrogen functional groups attached to an aromatic ring is 1. The van der Waals surface area contributed by atoms with Crippen LogP contribution in [0.5, 0.6) is 0 Å². The molecule has 16 heavy (non-hydrogen) atoms. The first kappa shape index (κ1) is 11.4. The minimum atomic E-state index is 0.0773. The number of pyridine rings is 1. The Morgan fingerprint density at radius 1 is 1.56 bits per heavy atom. The highest BCUT2D eigenvalue weighted by molar-refractivity contribution is 5.43. The van der Waals surface area contributed by atoms with Crippen molar-refractivity contribution in [3.05, 3.63) is 24.0 Å². The number of hydrogen-bond donors (Lipinski definition) is 1. The molecular formula is C12H19N3O. The average Bonchev–Trinajstić information content (AvgIpc) is 2.24. The van der Waals surface area contributed by atoms with Gasteiger partial charge in [0.1, 0.15) is 0 Å². The molecule has 2 rings (SSSR count). The fourth-order valence-corrected chi connectivity index (χ4v) is 1.97. The first-order chi connectivity index (χ1) is 7.59. The van der Waals surface area contributed by atoms with E-state index < -0.39 is 0 Å². The van der Waals surface area contributed by atoms with Gasteiger partial charge in [0, 0.05) is 24.8 Å². The number of morpholine rings is 1. The topological polar surface area (TPSA) is 51.4 Å². The number of nitrogens with two attached hydrogens (primary N) is 1. The molecule has 1 fully saturated rings. The molecular weight excluding hydrogens is 202 g/mol. The molecule has 0 aromatic carbocycles. The lowest BCUT2D eigenvalue weighted by Crippen LogP contribution is -2.52. The van der Waals surface area contributed by atoms with Crippen LogP contribution in [0.25, 0.3) is 0 Å². The first-order valence-corrected chi connectivity index (χ1v) is 5.61. The lowest BCUT2D eigenvalue weighted by atomic mass is 10.0. The summed E-state index contributed by atoms with van der Waals surface area (Å²) >= 11 is 0. The number of anilines is 1. The third kappa shape index (κ3) is 2.33. The third-order valence-electron chi connectivity index (χ3n) is 3.12. The van der Waals surface area contributed by atoms with Gasteiger partial charge >= 0.3 is 0 Å². The van der Waals surface area contributed by atoms with E-state index in [0.717, 1.165) is 37.6 Å². The zero-order valence-corrected chi connectivity index (χ0v) is 9.94. The highest BCUT2D eigenvalue weighted by Gasteiger charge is 2.30. The minimum Gasteiger partial charge on any atom is -0.397 e. The van der Waals surface area contributed by atoms with E-state index in [2.05, 4.69) is 23.7 Å². The Hall–Kier alpha value is -1.13. The van der Waals surface area contributed by atoms with Crippen molar-refractivity contribution < 1.29 is 4.74 Å². The van der Waals surface area contributed by atoms with Gasteiger partial charge in [-0.05, 0) is 25.5 Å². The van der Waals surface area contributed by atoms with Gasteiger partial charge in [-0.1, -0.05) is 0 Å². The lowest BCUT2D eigenvalue weighted by Gasteiger charge is -2.42. The second-order valence-corrected chi connectivity index (χ2v) is 4.86. The summed E-state index contributed by atoms with van der Waals surface area (Å²) in [5.74, 6) is 0. The largest absolute Gasteiger partial charge is 0.397 e. The number of hydrogen-bond acceptors (Lipinski definition) is 4. The van der Waals surface area contributed by atoms with E-state index in [1.165, 1.54) is 0 Å². The molecule has 4 heteroatoms. The van der Waals surface area contributed by atoms with Crippen LogP contribution in [0.4, 0.5) is 5.69 Å². The van der Waals surface area contributed by atoms with Gasteiger partial charge < -0.3 is 10.5 Å². The van der Waals surface area contributed by atoms with Crippen LogP contribution < -0.4 is 5.73 Å². The number of ether oxygens (including phenoxy) is 1. The van der Waals surface area contributed by atoms with Gasteiger partial charge in [0.25, 0.3) is 0 Å². The van der Waals surface area contributed by atoms with E-state index in [0.29, 0.717) is 0 Å². The summed E-state index contributed by atoms with van der Waals surface area (Å²) in [6.45, 7) is 7.79. The van der Waals surface area contributed by atoms with Crippen molar-refractivity contribution in [1.29, 1.82) is 0 Å². The van der Waals surface area contributed by atoms with Crippen molar-refractivity contribution in [3.8, 4) is 0 Å². The molecule has 1 saturated heterocycles. The number of rotatable bonds is 2. The predicted octanol–water partition coefficient (Wildman–Crippen LogP) is 1.27. The summed E-state index contributed by atoms with van der Waals surface area (Å²) < 4.78 is 5.50. The molecule has 2 heterocycles. The summed E-state index contributed by atoms with van der Waals surface area (Å²) in [6, 6.07) is 1.99. The zero-order valence-electron chi connectivity index (χ0n) is 9.94. The molecule has 0 unspecified atom stereocenters. The molecule has 0 radical (unpaired) electrons. The SMILES string of the molecule is CC1(C)COCCN1Cc1ccncc1N. The maximum atomic E-state index is 5.91. The fraction of sp³-hybridized carbons (Fsp3) is 0.583. The minimum absolute atomic E-state index is 0.0773. The summed E-state index contributed by atoms with van der Waals surface area (Å²) in [4.78, 5) is 6.41. The van der Waals surface area contributed by atoms with Crippen molar-refractivity contribution >= 4 is 5.69 Å². The Labute approximate surface area is 96.4 Å². The second-order valence-electron chi connectivity index (χ2n) is 4.86. The first-order valence-electron chi connectivity index (χ1n) is 5.61. The number of aromatic nitrogens is 1. The predicted molar refractivity (Wildman–Crippen MR) is 64.0 cm³/mol. The maximum absolute atomic E-state index is 5.91.